The maximum atomic E-state index is 12.7. The molecule has 0 aliphatic carbocycles. The number of hydrogen-bond donors (Lipinski definition) is 1. The largest absolute Gasteiger partial charge is 0.399 e. The van der Waals surface area contributed by atoms with Gasteiger partial charge in [0.2, 0.25) is 0 Å². The van der Waals surface area contributed by atoms with Gasteiger partial charge in [-0.3, -0.25) is 4.79 Å². The van der Waals surface area contributed by atoms with Crippen LogP contribution in [0.3, 0.4) is 0 Å². The topological polar surface area (TPSA) is 65.8 Å². The van der Waals surface area contributed by atoms with Gasteiger partial charge in [-0.2, -0.15) is 9.78 Å². The monoisotopic (exact) mass is 290 g/mol. The van der Waals surface area contributed by atoms with E-state index in [9.17, 15) is 4.79 Å². The fraction of sp³-hybridized carbons (Fsp3) is 0.0588. The molecule has 0 saturated heterocycles. The Bertz CT molecular complexity index is 1030. The summed E-state index contributed by atoms with van der Waals surface area (Å²) >= 11 is 0. The van der Waals surface area contributed by atoms with Crippen molar-refractivity contribution >= 4 is 33.4 Å². The van der Waals surface area contributed by atoms with Crippen molar-refractivity contribution < 1.29 is 4.79 Å². The van der Waals surface area contributed by atoms with E-state index < -0.39 is 0 Å². The first kappa shape index (κ1) is 12.6. The van der Waals surface area contributed by atoms with Gasteiger partial charge in [0.1, 0.15) is 0 Å². The molecule has 4 rings (SSSR count). The number of hydrogen-bond acceptors (Lipinski definition) is 3. The van der Waals surface area contributed by atoms with E-state index in [1.54, 1.807) is 12.3 Å². The van der Waals surface area contributed by atoms with Gasteiger partial charge in [0.25, 0.3) is 5.91 Å². The van der Waals surface area contributed by atoms with Gasteiger partial charge in [0.05, 0.1) is 11.7 Å². The number of nitrogen functional groups attached to an aromatic ring is 1. The highest BCUT2D eigenvalue weighted by Gasteiger charge is 2.14. The van der Waals surface area contributed by atoms with E-state index in [0.717, 1.165) is 21.8 Å². The number of aryl methyl sites for hydroxylation is 1. The molecule has 2 aromatic heterocycles. The second kappa shape index (κ2) is 4.46. The van der Waals surface area contributed by atoms with E-state index in [0.29, 0.717) is 11.3 Å². The summed E-state index contributed by atoms with van der Waals surface area (Å²) in [5, 5.41) is 6.10. The number of nitrogens with two attached hydrogens (primary N) is 1. The Morgan fingerprint density at radius 2 is 1.86 bits per heavy atom. The summed E-state index contributed by atoms with van der Waals surface area (Å²) in [5.74, 6) is -0.148. The second-order valence-corrected chi connectivity index (χ2v) is 5.38. The van der Waals surface area contributed by atoms with E-state index in [4.69, 9.17) is 5.73 Å². The third-order valence-electron chi connectivity index (χ3n) is 3.92. The van der Waals surface area contributed by atoms with Gasteiger partial charge in [0, 0.05) is 40.8 Å². The lowest BCUT2D eigenvalue weighted by Gasteiger charge is -2.04. The number of fused-ring (bicyclic) bond motifs is 2. The molecule has 5 heteroatoms. The number of carbonyl (C=O) groups is 1. The summed E-state index contributed by atoms with van der Waals surface area (Å²) in [5.41, 5.74) is 8.88. The first-order valence-corrected chi connectivity index (χ1v) is 6.96. The zero-order valence-corrected chi connectivity index (χ0v) is 12.0. The molecule has 2 N–H and O–H groups in total. The Labute approximate surface area is 126 Å². The zero-order valence-electron chi connectivity index (χ0n) is 12.0. The fourth-order valence-corrected chi connectivity index (χ4v) is 2.75. The van der Waals surface area contributed by atoms with Crippen LogP contribution in [0.4, 0.5) is 5.69 Å². The SMILES string of the molecule is Cn1ccc2cc(C(=O)n3ncc4cc(N)ccc43)ccc21. The Balaban J connectivity index is 1.84. The molecule has 108 valence electrons. The lowest BCUT2D eigenvalue weighted by molar-refractivity contribution is 0.0950. The number of carbonyl (C=O) groups excluding carboxylic acids is 1. The molecule has 0 aliphatic heterocycles. The smallest absolute Gasteiger partial charge is 0.278 e. The van der Waals surface area contributed by atoms with Crippen LogP contribution in [-0.4, -0.2) is 20.3 Å². The van der Waals surface area contributed by atoms with Crippen molar-refractivity contribution in [1.29, 1.82) is 0 Å². The number of anilines is 1. The van der Waals surface area contributed by atoms with E-state index in [1.807, 2.05) is 54.2 Å². The molecule has 0 spiro atoms. The Hall–Kier alpha value is -3.08. The van der Waals surface area contributed by atoms with Crippen LogP contribution in [-0.2, 0) is 7.05 Å². The number of nitrogens with zero attached hydrogens (tertiary/aromatic N) is 3. The third kappa shape index (κ3) is 1.79. The molecule has 0 aliphatic rings. The summed E-state index contributed by atoms with van der Waals surface area (Å²) in [6, 6.07) is 13.1. The first-order chi connectivity index (χ1) is 10.6. The Morgan fingerprint density at radius 1 is 1.05 bits per heavy atom. The molecule has 0 saturated carbocycles. The minimum absolute atomic E-state index is 0.148. The first-order valence-electron chi connectivity index (χ1n) is 6.96. The minimum atomic E-state index is -0.148. The van der Waals surface area contributed by atoms with Crippen LogP contribution in [0.2, 0.25) is 0 Å². The molecule has 0 atom stereocenters. The minimum Gasteiger partial charge on any atom is -0.399 e. The van der Waals surface area contributed by atoms with Crippen molar-refractivity contribution in [3.05, 3.63) is 60.4 Å². The van der Waals surface area contributed by atoms with Crippen LogP contribution in [0.15, 0.2) is 54.9 Å². The maximum Gasteiger partial charge on any atom is 0.278 e. The van der Waals surface area contributed by atoms with Crippen LogP contribution in [0.25, 0.3) is 21.8 Å². The van der Waals surface area contributed by atoms with Gasteiger partial charge in [-0.1, -0.05) is 0 Å². The average molecular weight is 290 g/mol. The van der Waals surface area contributed by atoms with Crippen molar-refractivity contribution in [3.63, 3.8) is 0 Å². The molecule has 0 radical (unpaired) electrons. The highest BCUT2D eigenvalue weighted by molar-refractivity contribution is 6.03. The summed E-state index contributed by atoms with van der Waals surface area (Å²) in [7, 11) is 1.98. The molecule has 0 amide bonds. The van der Waals surface area contributed by atoms with Gasteiger partial charge in [-0.05, 0) is 42.5 Å². The molecule has 0 fully saturated rings. The Kier molecular flexibility index (Phi) is 2.56. The van der Waals surface area contributed by atoms with Gasteiger partial charge in [-0.15, -0.1) is 0 Å². The van der Waals surface area contributed by atoms with Crippen molar-refractivity contribution in [2.24, 2.45) is 7.05 Å². The molecular weight excluding hydrogens is 276 g/mol. The Morgan fingerprint density at radius 3 is 2.73 bits per heavy atom. The third-order valence-corrected chi connectivity index (χ3v) is 3.92. The van der Waals surface area contributed by atoms with E-state index in [-0.39, 0.29) is 5.91 Å². The molecule has 2 heterocycles. The lowest BCUT2D eigenvalue weighted by Crippen LogP contribution is -2.13. The molecule has 22 heavy (non-hydrogen) atoms. The summed E-state index contributed by atoms with van der Waals surface area (Å²) in [6.45, 7) is 0. The van der Waals surface area contributed by atoms with E-state index >= 15 is 0 Å². The van der Waals surface area contributed by atoms with Crippen molar-refractivity contribution in [3.8, 4) is 0 Å². The molecule has 5 nitrogen and oxygen atoms in total. The van der Waals surface area contributed by atoms with Crippen LogP contribution >= 0.6 is 0 Å². The van der Waals surface area contributed by atoms with Crippen LogP contribution < -0.4 is 5.73 Å². The number of rotatable bonds is 1. The molecular formula is C17H14N4O. The molecule has 4 aromatic rings. The van der Waals surface area contributed by atoms with E-state index in [1.165, 1.54) is 4.68 Å². The van der Waals surface area contributed by atoms with E-state index in [2.05, 4.69) is 5.10 Å². The summed E-state index contributed by atoms with van der Waals surface area (Å²) in [6.07, 6.45) is 3.63. The van der Waals surface area contributed by atoms with Crippen LogP contribution in [0.5, 0.6) is 0 Å². The second-order valence-electron chi connectivity index (χ2n) is 5.38. The molecule has 0 unspecified atom stereocenters. The maximum absolute atomic E-state index is 12.7. The standard InChI is InChI=1S/C17H14N4O/c1-20-7-6-11-8-12(2-4-15(11)20)17(22)21-16-5-3-14(18)9-13(16)10-19-21/h2-10H,18H2,1H3. The fourth-order valence-electron chi connectivity index (χ4n) is 2.75. The number of aromatic nitrogens is 3. The van der Waals surface area contributed by atoms with Crippen LogP contribution in [0.1, 0.15) is 10.4 Å². The molecule has 2 aromatic carbocycles. The predicted octanol–water partition coefficient (Wildman–Crippen LogP) is 2.80. The highest BCUT2D eigenvalue weighted by Crippen LogP contribution is 2.20. The normalized spacial score (nSPS) is 11.3. The van der Waals surface area contributed by atoms with Gasteiger partial charge in [-0.25, -0.2) is 0 Å². The van der Waals surface area contributed by atoms with Gasteiger partial charge in [0.15, 0.2) is 0 Å². The van der Waals surface area contributed by atoms with Gasteiger partial charge < -0.3 is 10.3 Å². The summed E-state index contributed by atoms with van der Waals surface area (Å²) < 4.78 is 3.44. The zero-order chi connectivity index (χ0) is 15.3. The average Bonchev–Trinajstić information content (AvgIpc) is 3.10. The van der Waals surface area contributed by atoms with Crippen molar-refractivity contribution in [2.45, 2.75) is 0 Å². The van der Waals surface area contributed by atoms with Crippen molar-refractivity contribution in [1.82, 2.24) is 14.3 Å². The molecule has 0 bridgehead atoms. The van der Waals surface area contributed by atoms with Crippen molar-refractivity contribution in [2.75, 3.05) is 5.73 Å². The summed E-state index contributed by atoms with van der Waals surface area (Å²) in [4.78, 5) is 12.7. The predicted molar refractivity (Wildman–Crippen MR) is 86.8 cm³/mol. The van der Waals surface area contributed by atoms with Crippen LogP contribution in [0, 0.1) is 0 Å². The number of benzene rings is 2. The quantitative estimate of drug-likeness (QED) is 0.548. The highest BCUT2D eigenvalue weighted by atomic mass is 16.2. The lowest BCUT2D eigenvalue weighted by atomic mass is 10.1. The van der Waals surface area contributed by atoms with Gasteiger partial charge >= 0.3 is 0 Å².